The van der Waals surface area contributed by atoms with Gasteiger partial charge in [0.1, 0.15) is 0 Å². The van der Waals surface area contributed by atoms with Crippen molar-refractivity contribution in [2.45, 2.75) is 0 Å². The van der Waals surface area contributed by atoms with Gasteiger partial charge in [0.2, 0.25) is 0 Å². The lowest BCUT2D eigenvalue weighted by molar-refractivity contribution is 0.108. The summed E-state index contributed by atoms with van der Waals surface area (Å²) in [6, 6.07) is 6.28. The Labute approximate surface area is 69.2 Å². The SMILES string of the molecule is [C-]#[N+]c1cccc(C(=O)Cl)c1. The van der Waals surface area contributed by atoms with Gasteiger partial charge in [0.15, 0.2) is 5.69 Å². The van der Waals surface area contributed by atoms with Crippen molar-refractivity contribution in [1.82, 2.24) is 0 Å². The summed E-state index contributed by atoms with van der Waals surface area (Å²) in [4.78, 5) is 13.7. The van der Waals surface area contributed by atoms with Crippen molar-refractivity contribution in [3.05, 3.63) is 41.2 Å². The van der Waals surface area contributed by atoms with E-state index in [0.717, 1.165) is 0 Å². The highest BCUT2D eigenvalue weighted by Gasteiger charge is 2.00. The summed E-state index contributed by atoms with van der Waals surface area (Å²) in [6.45, 7) is 6.65. The Hall–Kier alpha value is -1.33. The van der Waals surface area contributed by atoms with Gasteiger partial charge < -0.3 is 0 Å². The molecule has 0 saturated carbocycles. The smallest absolute Gasteiger partial charge is 0.251 e. The fourth-order valence-electron chi connectivity index (χ4n) is 0.698. The lowest BCUT2D eigenvalue weighted by Crippen LogP contribution is -1.85. The van der Waals surface area contributed by atoms with Crippen LogP contribution in [-0.4, -0.2) is 5.24 Å². The van der Waals surface area contributed by atoms with Crippen LogP contribution in [0.4, 0.5) is 5.69 Å². The third-order valence-electron chi connectivity index (χ3n) is 1.20. The highest BCUT2D eigenvalue weighted by atomic mass is 35.5. The second kappa shape index (κ2) is 3.18. The molecule has 0 aliphatic heterocycles. The number of hydrogen-bond acceptors (Lipinski definition) is 1. The van der Waals surface area contributed by atoms with Crippen LogP contribution in [0.15, 0.2) is 24.3 Å². The second-order valence-corrected chi connectivity index (χ2v) is 2.28. The van der Waals surface area contributed by atoms with Crippen molar-refractivity contribution in [2.75, 3.05) is 0 Å². The molecule has 0 fully saturated rings. The highest BCUT2D eigenvalue weighted by molar-refractivity contribution is 6.67. The van der Waals surface area contributed by atoms with Gasteiger partial charge in [-0.2, -0.15) is 0 Å². The number of nitrogens with zero attached hydrogens (tertiary/aromatic N) is 1. The third-order valence-corrected chi connectivity index (χ3v) is 1.42. The Balaban J connectivity index is 3.13. The first kappa shape index (κ1) is 7.77. The minimum Gasteiger partial charge on any atom is -0.276 e. The van der Waals surface area contributed by atoms with E-state index >= 15 is 0 Å². The number of carbonyl (C=O) groups excluding carboxylic acids is 1. The minimum atomic E-state index is -0.532. The van der Waals surface area contributed by atoms with Gasteiger partial charge in [0.25, 0.3) is 5.24 Å². The Morgan fingerprint density at radius 2 is 2.27 bits per heavy atom. The molecule has 0 aliphatic rings. The van der Waals surface area contributed by atoms with E-state index in [2.05, 4.69) is 4.85 Å². The average Bonchev–Trinajstić information content (AvgIpc) is 2.05. The van der Waals surface area contributed by atoms with E-state index in [1.807, 2.05) is 0 Å². The largest absolute Gasteiger partial charge is 0.276 e. The quantitative estimate of drug-likeness (QED) is 0.463. The fraction of sp³-hybridized carbons (Fsp3) is 0. The normalized spacial score (nSPS) is 8.73. The topological polar surface area (TPSA) is 21.4 Å². The molecule has 0 aliphatic carbocycles. The number of hydrogen-bond donors (Lipinski definition) is 0. The van der Waals surface area contributed by atoms with E-state index in [9.17, 15) is 4.79 Å². The molecule has 0 saturated heterocycles. The molecule has 0 aromatic heterocycles. The first-order valence-electron chi connectivity index (χ1n) is 2.91. The average molecular weight is 166 g/mol. The number of benzene rings is 1. The summed E-state index contributed by atoms with van der Waals surface area (Å²) in [7, 11) is 0. The van der Waals surface area contributed by atoms with Gasteiger partial charge in [-0.3, -0.25) is 4.79 Å². The Morgan fingerprint density at radius 1 is 1.55 bits per heavy atom. The summed E-state index contributed by atoms with van der Waals surface area (Å²) in [6.07, 6.45) is 0. The lowest BCUT2D eigenvalue weighted by atomic mass is 10.2. The maximum Gasteiger partial charge on any atom is 0.251 e. The van der Waals surface area contributed by atoms with E-state index in [1.165, 1.54) is 6.07 Å². The molecule has 0 spiro atoms. The maximum absolute atomic E-state index is 10.6. The zero-order valence-corrected chi connectivity index (χ0v) is 6.30. The third kappa shape index (κ3) is 1.79. The summed E-state index contributed by atoms with van der Waals surface area (Å²) in [5.74, 6) is 0. The van der Waals surface area contributed by atoms with Crippen molar-refractivity contribution in [3.8, 4) is 0 Å². The fourth-order valence-corrected chi connectivity index (χ4v) is 0.815. The molecule has 2 nitrogen and oxygen atoms in total. The first-order valence-corrected chi connectivity index (χ1v) is 3.29. The van der Waals surface area contributed by atoms with Crippen LogP contribution in [0.3, 0.4) is 0 Å². The summed E-state index contributed by atoms with van der Waals surface area (Å²) < 4.78 is 0. The van der Waals surface area contributed by atoms with Gasteiger partial charge in [-0.15, -0.1) is 0 Å². The van der Waals surface area contributed by atoms with Crippen molar-refractivity contribution in [1.29, 1.82) is 0 Å². The van der Waals surface area contributed by atoms with Crippen molar-refractivity contribution >= 4 is 22.5 Å². The summed E-state index contributed by atoms with van der Waals surface area (Å²) in [5.41, 5.74) is 0.789. The van der Waals surface area contributed by atoms with Crippen LogP contribution >= 0.6 is 11.6 Å². The van der Waals surface area contributed by atoms with Crippen molar-refractivity contribution in [3.63, 3.8) is 0 Å². The molecule has 3 heteroatoms. The molecule has 1 rings (SSSR count). The van der Waals surface area contributed by atoms with Crippen LogP contribution in [0.2, 0.25) is 0 Å². The summed E-state index contributed by atoms with van der Waals surface area (Å²) in [5, 5.41) is -0.532. The molecule has 0 atom stereocenters. The van der Waals surface area contributed by atoms with E-state index < -0.39 is 5.24 Å². The Morgan fingerprint density at radius 3 is 2.82 bits per heavy atom. The van der Waals surface area contributed by atoms with Crippen LogP contribution in [0.5, 0.6) is 0 Å². The van der Waals surface area contributed by atoms with Gasteiger partial charge in [-0.25, -0.2) is 4.85 Å². The molecule has 0 bridgehead atoms. The number of halogens is 1. The molecule has 54 valence electrons. The van der Waals surface area contributed by atoms with Crippen molar-refractivity contribution in [2.24, 2.45) is 0 Å². The molecule has 0 radical (unpaired) electrons. The van der Waals surface area contributed by atoms with Gasteiger partial charge in [0.05, 0.1) is 6.57 Å². The number of carbonyl (C=O) groups is 1. The minimum absolute atomic E-state index is 0.361. The van der Waals surface area contributed by atoms with Crippen LogP contribution in [0.25, 0.3) is 4.85 Å². The summed E-state index contributed by atoms with van der Waals surface area (Å²) >= 11 is 5.19. The molecule has 0 unspecified atom stereocenters. The van der Waals surface area contributed by atoms with E-state index in [-0.39, 0.29) is 0 Å². The Bertz CT molecular complexity index is 327. The standard InChI is InChI=1S/C8H4ClNO/c1-10-7-4-2-3-6(5-7)8(9)11/h2-5H. The zero-order valence-electron chi connectivity index (χ0n) is 5.54. The lowest BCUT2D eigenvalue weighted by Gasteiger charge is -1.91. The van der Waals surface area contributed by atoms with Crippen LogP contribution < -0.4 is 0 Å². The number of rotatable bonds is 1. The Kier molecular flexibility index (Phi) is 2.25. The molecular formula is C8H4ClNO. The zero-order chi connectivity index (χ0) is 8.27. The molecule has 0 heterocycles. The monoisotopic (exact) mass is 165 g/mol. The van der Waals surface area contributed by atoms with Gasteiger partial charge in [0, 0.05) is 5.56 Å². The molecule has 1 aromatic rings. The van der Waals surface area contributed by atoms with Crippen LogP contribution in [-0.2, 0) is 0 Å². The second-order valence-electron chi connectivity index (χ2n) is 1.94. The van der Waals surface area contributed by atoms with Gasteiger partial charge >= 0.3 is 0 Å². The first-order chi connectivity index (χ1) is 5.24. The van der Waals surface area contributed by atoms with Crippen LogP contribution in [0.1, 0.15) is 10.4 Å². The van der Waals surface area contributed by atoms with E-state index in [4.69, 9.17) is 18.2 Å². The molecule has 0 amide bonds. The predicted molar refractivity (Wildman–Crippen MR) is 42.9 cm³/mol. The molecule has 1 aromatic carbocycles. The molecule has 11 heavy (non-hydrogen) atoms. The maximum atomic E-state index is 10.6. The van der Waals surface area contributed by atoms with E-state index in [1.54, 1.807) is 18.2 Å². The molecular weight excluding hydrogens is 162 g/mol. The van der Waals surface area contributed by atoms with Crippen molar-refractivity contribution < 1.29 is 4.79 Å². The van der Waals surface area contributed by atoms with E-state index in [0.29, 0.717) is 11.3 Å². The van der Waals surface area contributed by atoms with Crippen LogP contribution in [0, 0.1) is 6.57 Å². The predicted octanol–water partition coefficient (Wildman–Crippen LogP) is 2.62. The highest BCUT2D eigenvalue weighted by Crippen LogP contribution is 2.14. The molecule has 0 N–H and O–H groups in total. The van der Waals surface area contributed by atoms with Gasteiger partial charge in [-0.05, 0) is 17.7 Å². The van der Waals surface area contributed by atoms with Gasteiger partial charge in [-0.1, -0.05) is 18.2 Å².